The molecule has 0 spiro atoms. The van der Waals surface area contributed by atoms with Crippen LogP contribution in [-0.2, 0) is 18.8 Å². The number of aryl methyl sites for hydroxylation is 1. The van der Waals surface area contributed by atoms with E-state index in [9.17, 15) is 29.1 Å². The van der Waals surface area contributed by atoms with Gasteiger partial charge in [-0.15, -0.1) is 8.93 Å². The van der Waals surface area contributed by atoms with Crippen molar-refractivity contribution in [2.45, 2.75) is 83.6 Å². The summed E-state index contributed by atoms with van der Waals surface area (Å²) in [5.41, 5.74) is -1.24. The van der Waals surface area contributed by atoms with Crippen molar-refractivity contribution in [2.24, 2.45) is 0 Å². The zero-order valence-electron chi connectivity index (χ0n) is 22.9. The number of hydrogen-bond donors (Lipinski definition) is 2. The molecule has 1 saturated heterocycles. The molecule has 0 saturated carbocycles. The van der Waals surface area contributed by atoms with E-state index in [1.165, 1.54) is 39.3 Å². The first kappa shape index (κ1) is 35.6. The summed E-state index contributed by atoms with van der Waals surface area (Å²) >= 11 is 0. The van der Waals surface area contributed by atoms with Gasteiger partial charge in [0.1, 0.15) is 18.1 Å². The van der Waals surface area contributed by atoms with E-state index in [1.54, 1.807) is 0 Å². The van der Waals surface area contributed by atoms with Gasteiger partial charge in [0, 0.05) is 70.4 Å². The van der Waals surface area contributed by atoms with Crippen molar-refractivity contribution < 1.29 is 28.8 Å². The second-order valence-corrected chi connectivity index (χ2v) is 16.8. The molecule has 0 bridgehead atoms. The van der Waals surface area contributed by atoms with Gasteiger partial charge in [0.05, 0.1) is 12.7 Å². The second kappa shape index (κ2) is 19.5. The van der Waals surface area contributed by atoms with Crippen LogP contribution in [0.15, 0.2) is 15.8 Å². The number of nitrogens with one attached hydrogen (secondary N) is 1. The lowest BCUT2D eigenvalue weighted by Crippen LogP contribution is -2.45. The number of ketones is 1. The SMILES string of the molecule is CCC(=O)CCCCCNC(=O)CCSSCCC(=O)n1c(=O)c(C)cn([C@H]2CC(O)[C@@H](COPPP)O2)c1=O. The molecule has 16 heteroatoms. The summed E-state index contributed by atoms with van der Waals surface area (Å²) in [6, 6.07) is 0. The van der Waals surface area contributed by atoms with Crippen molar-refractivity contribution in [2.75, 3.05) is 24.7 Å². The second-order valence-electron chi connectivity index (χ2n) is 9.22. The van der Waals surface area contributed by atoms with Crippen molar-refractivity contribution in [3.05, 3.63) is 32.6 Å². The number of carbonyl (C=O) groups is 3. The number of carbonyl (C=O) groups excluding carboxylic acids is 3. The molecule has 0 aromatic carbocycles. The molecule has 1 aromatic rings. The van der Waals surface area contributed by atoms with E-state index >= 15 is 0 Å². The Labute approximate surface area is 248 Å². The van der Waals surface area contributed by atoms with E-state index in [0.29, 0.717) is 49.8 Å². The van der Waals surface area contributed by atoms with Crippen LogP contribution in [0.2, 0.25) is 0 Å². The summed E-state index contributed by atoms with van der Waals surface area (Å²) in [6.07, 6.45) is 3.37. The van der Waals surface area contributed by atoms with Crippen LogP contribution in [0.5, 0.6) is 0 Å². The highest BCUT2D eigenvalue weighted by atomic mass is 33.1. The Kier molecular flexibility index (Phi) is 17.4. The molecule has 1 amide bonds. The van der Waals surface area contributed by atoms with E-state index in [1.807, 2.05) is 6.92 Å². The highest BCUT2D eigenvalue weighted by Gasteiger charge is 2.36. The van der Waals surface area contributed by atoms with Crippen LogP contribution < -0.4 is 16.6 Å². The third kappa shape index (κ3) is 11.9. The van der Waals surface area contributed by atoms with Crippen LogP contribution in [0.3, 0.4) is 0 Å². The van der Waals surface area contributed by atoms with Crippen molar-refractivity contribution >= 4 is 64.6 Å². The summed E-state index contributed by atoms with van der Waals surface area (Å²) in [5.74, 6) is 0.553. The number of ether oxygens (including phenoxy) is 1. The predicted octanol–water partition coefficient (Wildman–Crippen LogP) is 3.42. The Balaban J connectivity index is 1.76. The molecule has 1 aliphatic rings. The van der Waals surface area contributed by atoms with E-state index in [2.05, 4.69) is 14.2 Å². The number of amides is 1. The summed E-state index contributed by atoms with van der Waals surface area (Å²) in [6.45, 7) is 4.17. The third-order valence-corrected chi connectivity index (χ3v) is 10.9. The molecular formula is C24H40N3O8P3S2. The summed E-state index contributed by atoms with van der Waals surface area (Å²) < 4.78 is 13.1. The minimum absolute atomic E-state index is 0.0235. The van der Waals surface area contributed by atoms with E-state index in [4.69, 9.17) is 9.26 Å². The Morgan fingerprint density at radius 2 is 1.90 bits per heavy atom. The Hall–Kier alpha value is -0.640. The molecule has 1 aliphatic heterocycles. The lowest BCUT2D eigenvalue weighted by Gasteiger charge is -2.17. The van der Waals surface area contributed by atoms with Gasteiger partial charge in [0.2, 0.25) is 11.8 Å². The van der Waals surface area contributed by atoms with Crippen LogP contribution >= 0.6 is 47.0 Å². The summed E-state index contributed by atoms with van der Waals surface area (Å²) in [7, 11) is 6.27. The minimum atomic E-state index is -0.830. The molecule has 4 unspecified atom stereocenters. The minimum Gasteiger partial charge on any atom is -0.390 e. The first-order chi connectivity index (χ1) is 19.2. The van der Waals surface area contributed by atoms with Crippen LogP contribution in [0.25, 0.3) is 0 Å². The summed E-state index contributed by atoms with van der Waals surface area (Å²) in [4.78, 5) is 61.8. The first-order valence-corrected chi connectivity index (χ1v) is 20.5. The van der Waals surface area contributed by atoms with Crippen LogP contribution in [-0.4, -0.2) is 68.7 Å². The first-order valence-electron chi connectivity index (χ1n) is 13.3. The number of aromatic nitrogens is 2. The fraction of sp³-hybridized carbons (Fsp3) is 0.708. The molecule has 0 radical (unpaired) electrons. The molecular weight excluding hydrogens is 615 g/mol. The van der Waals surface area contributed by atoms with Crippen molar-refractivity contribution in [3.63, 3.8) is 0 Å². The molecule has 2 rings (SSSR count). The maximum Gasteiger partial charge on any atom is 0.340 e. The van der Waals surface area contributed by atoms with Gasteiger partial charge in [-0.2, -0.15) is 4.57 Å². The molecule has 40 heavy (non-hydrogen) atoms. The van der Waals surface area contributed by atoms with Crippen molar-refractivity contribution in [1.82, 2.24) is 14.5 Å². The van der Waals surface area contributed by atoms with E-state index in [0.717, 1.165) is 19.3 Å². The largest absolute Gasteiger partial charge is 0.390 e. The molecule has 2 heterocycles. The van der Waals surface area contributed by atoms with Crippen LogP contribution in [0.4, 0.5) is 0 Å². The standard InChI is InChI=1S/C24H40N3O8P3S2/c1-3-17(28)7-5-4-6-10-25-20(30)8-11-39-40-12-9-21(31)27-23(32)16(2)14-26(24(27)33)22-13-18(29)19(35-22)15-34-37-38-36/h14,18-19,22,29,37-38H,3-13,15,36H2,1-2H3,(H,25,30)/t18?,19-,22-/m1/s1. The van der Waals surface area contributed by atoms with E-state index < -0.39 is 35.6 Å². The van der Waals surface area contributed by atoms with E-state index in [-0.39, 0.29) is 45.2 Å². The smallest absolute Gasteiger partial charge is 0.340 e. The fourth-order valence-corrected chi connectivity index (χ4v) is 7.49. The topological polar surface area (TPSA) is 146 Å². The number of unbranched alkanes of at least 4 members (excludes halogenated alkanes) is 2. The zero-order valence-corrected chi connectivity index (χ0v) is 27.7. The van der Waals surface area contributed by atoms with Crippen molar-refractivity contribution in [1.29, 1.82) is 0 Å². The average Bonchev–Trinajstić information content (AvgIpc) is 3.29. The average molecular weight is 656 g/mol. The highest BCUT2D eigenvalue weighted by Crippen LogP contribution is 2.44. The van der Waals surface area contributed by atoms with Crippen LogP contribution in [0, 0.1) is 6.92 Å². The Morgan fingerprint density at radius 3 is 2.60 bits per heavy atom. The Bertz CT molecular complexity index is 1100. The molecule has 0 aliphatic carbocycles. The quantitative estimate of drug-likeness (QED) is 0.129. The molecule has 11 nitrogen and oxygen atoms in total. The van der Waals surface area contributed by atoms with Crippen LogP contribution in [0.1, 0.15) is 74.9 Å². The normalized spacial score (nSPS) is 19.2. The van der Waals surface area contributed by atoms with Gasteiger partial charge in [-0.25, -0.2) is 4.79 Å². The monoisotopic (exact) mass is 655 g/mol. The van der Waals surface area contributed by atoms with Gasteiger partial charge in [-0.05, 0) is 19.8 Å². The number of nitrogens with zero attached hydrogens (tertiary/aromatic N) is 2. The van der Waals surface area contributed by atoms with Gasteiger partial charge in [-0.1, -0.05) is 42.9 Å². The highest BCUT2D eigenvalue weighted by molar-refractivity contribution is 8.76. The van der Waals surface area contributed by atoms with Gasteiger partial charge >= 0.3 is 5.69 Å². The number of aliphatic hydroxyl groups excluding tert-OH is 1. The third-order valence-electron chi connectivity index (χ3n) is 6.17. The Morgan fingerprint density at radius 1 is 1.18 bits per heavy atom. The predicted molar refractivity (Wildman–Crippen MR) is 168 cm³/mol. The molecule has 6 atom stereocenters. The van der Waals surface area contributed by atoms with Gasteiger partial charge in [-0.3, -0.25) is 23.7 Å². The number of aliphatic hydroxyl groups is 1. The molecule has 1 fully saturated rings. The molecule has 226 valence electrons. The summed E-state index contributed by atoms with van der Waals surface area (Å²) in [5, 5.41) is 13.2. The molecule has 2 N–H and O–H groups in total. The fourth-order valence-electron chi connectivity index (χ4n) is 3.94. The van der Waals surface area contributed by atoms with Gasteiger partial charge in [0.15, 0.2) is 0 Å². The lowest BCUT2D eigenvalue weighted by molar-refractivity contribution is -0.121. The lowest BCUT2D eigenvalue weighted by atomic mass is 10.1. The number of Topliss-reactive ketones (excluding diaryl/α,β-unsaturated/α-hetero) is 1. The maximum absolute atomic E-state index is 13.1. The zero-order chi connectivity index (χ0) is 29.5. The van der Waals surface area contributed by atoms with Gasteiger partial charge in [0.25, 0.3) is 5.56 Å². The van der Waals surface area contributed by atoms with Gasteiger partial charge < -0.3 is 19.7 Å². The maximum atomic E-state index is 13.1. The molecule has 1 aromatic heterocycles. The number of hydrogen-bond acceptors (Lipinski definition) is 10. The number of rotatable bonds is 19. The van der Waals surface area contributed by atoms with Crippen molar-refractivity contribution in [3.8, 4) is 0 Å².